The minimum atomic E-state index is -0.247. The monoisotopic (exact) mass is 288 g/mol. The van der Waals surface area contributed by atoms with Crippen LogP contribution in [0.1, 0.15) is 18.5 Å². The minimum absolute atomic E-state index is 0.247. The van der Waals surface area contributed by atoms with Crippen LogP contribution in [0.15, 0.2) is 24.3 Å². The Morgan fingerprint density at radius 2 is 2.29 bits per heavy atom. The largest absolute Gasteiger partial charge is 0.384 e. The summed E-state index contributed by atoms with van der Waals surface area (Å²) in [6, 6.07) is 7.26. The highest BCUT2D eigenvalue weighted by Crippen LogP contribution is 2.31. The summed E-state index contributed by atoms with van der Waals surface area (Å²) in [6.07, 6.45) is 2.34. The lowest BCUT2D eigenvalue weighted by molar-refractivity contribution is 0.143. The fourth-order valence-electron chi connectivity index (χ4n) is 3.24. The Labute approximate surface area is 124 Å². The maximum absolute atomic E-state index is 14.0. The van der Waals surface area contributed by atoms with E-state index in [1.54, 1.807) is 13.2 Å². The zero-order valence-electron chi connectivity index (χ0n) is 12.6. The van der Waals surface area contributed by atoms with Crippen LogP contribution in [-0.2, 0) is 4.74 Å². The third kappa shape index (κ3) is 2.86. The van der Waals surface area contributed by atoms with Gasteiger partial charge in [0.2, 0.25) is 0 Å². The topological polar surface area (TPSA) is 25.4 Å². The first-order chi connectivity index (χ1) is 10.2. The molecule has 1 saturated heterocycles. The molecule has 0 aliphatic carbocycles. The van der Waals surface area contributed by atoms with Crippen LogP contribution >= 0.6 is 0 Å². The molecule has 3 nitrogen and oxygen atoms in total. The van der Waals surface area contributed by atoms with Gasteiger partial charge in [-0.3, -0.25) is 0 Å². The second kappa shape index (κ2) is 5.98. The van der Waals surface area contributed by atoms with E-state index in [0.717, 1.165) is 42.9 Å². The van der Waals surface area contributed by atoms with Gasteiger partial charge in [0.1, 0.15) is 11.3 Å². The summed E-state index contributed by atoms with van der Waals surface area (Å²) < 4.78 is 19.3. The Kier molecular flexibility index (Phi) is 4.06. The number of aryl methyl sites for hydroxylation is 1. The molecule has 0 spiro atoms. The number of methoxy groups -OCH3 is 1. The molecular weight excluding hydrogens is 267 g/mol. The molecule has 0 bridgehead atoms. The average molecular weight is 288 g/mol. The number of anilines is 1. The summed E-state index contributed by atoms with van der Waals surface area (Å²) in [7, 11) is 1.75. The van der Waals surface area contributed by atoms with Crippen molar-refractivity contribution in [2.24, 2.45) is 5.92 Å². The number of halogens is 1. The van der Waals surface area contributed by atoms with E-state index >= 15 is 0 Å². The number of piperidine rings is 1. The number of nitrogens with zero attached hydrogens (tertiary/aromatic N) is 2. The number of fused-ring (bicyclic) bond motifs is 1. The van der Waals surface area contributed by atoms with Crippen LogP contribution in [-0.4, -0.2) is 31.8 Å². The molecule has 1 fully saturated rings. The first-order valence-electron chi connectivity index (χ1n) is 7.49. The van der Waals surface area contributed by atoms with Gasteiger partial charge in [0.25, 0.3) is 0 Å². The van der Waals surface area contributed by atoms with Gasteiger partial charge in [-0.15, -0.1) is 0 Å². The number of hydrogen-bond donors (Lipinski definition) is 0. The Morgan fingerprint density at radius 1 is 1.43 bits per heavy atom. The van der Waals surface area contributed by atoms with E-state index in [0.29, 0.717) is 11.4 Å². The van der Waals surface area contributed by atoms with Crippen LogP contribution in [0.4, 0.5) is 10.1 Å². The predicted octanol–water partition coefficient (Wildman–Crippen LogP) is 3.55. The van der Waals surface area contributed by atoms with Crippen LogP contribution in [0.3, 0.4) is 0 Å². The summed E-state index contributed by atoms with van der Waals surface area (Å²) in [5, 5.41) is 0.902. The molecule has 1 unspecified atom stereocenters. The molecule has 0 saturated carbocycles. The highest BCUT2D eigenvalue weighted by atomic mass is 19.1. The van der Waals surface area contributed by atoms with Crippen molar-refractivity contribution in [3.05, 3.63) is 35.8 Å². The zero-order valence-corrected chi connectivity index (χ0v) is 12.6. The van der Waals surface area contributed by atoms with Gasteiger partial charge in [-0.1, -0.05) is 12.1 Å². The Hall–Kier alpha value is -1.68. The van der Waals surface area contributed by atoms with Crippen LogP contribution in [0.5, 0.6) is 0 Å². The zero-order chi connectivity index (χ0) is 14.8. The van der Waals surface area contributed by atoms with E-state index in [4.69, 9.17) is 4.74 Å². The first kappa shape index (κ1) is 14.3. The Balaban J connectivity index is 2.01. The predicted molar refractivity (Wildman–Crippen MR) is 83.3 cm³/mol. The molecule has 1 aromatic carbocycles. The van der Waals surface area contributed by atoms with E-state index in [-0.39, 0.29) is 5.82 Å². The molecule has 3 rings (SSSR count). The van der Waals surface area contributed by atoms with Gasteiger partial charge in [0.15, 0.2) is 0 Å². The molecule has 112 valence electrons. The van der Waals surface area contributed by atoms with Gasteiger partial charge < -0.3 is 9.64 Å². The highest BCUT2D eigenvalue weighted by molar-refractivity contribution is 5.92. The molecule has 4 heteroatoms. The maximum Gasteiger partial charge on any atom is 0.149 e. The van der Waals surface area contributed by atoms with Crippen molar-refractivity contribution in [1.29, 1.82) is 0 Å². The molecule has 1 aliphatic rings. The number of para-hydroxylation sites is 1. The number of hydrogen-bond acceptors (Lipinski definition) is 3. The summed E-state index contributed by atoms with van der Waals surface area (Å²) >= 11 is 0. The SMILES string of the molecule is COCC1CCCN(c2cc(C)nc3c(F)cccc23)C1. The van der Waals surface area contributed by atoms with E-state index in [1.807, 2.05) is 13.0 Å². The molecule has 2 heterocycles. The van der Waals surface area contributed by atoms with Gasteiger partial charge >= 0.3 is 0 Å². The van der Waals surface area contributed by atoms with Crippen LogP contribution in [0.25, 0.3) is 10.9 Å². The maximum atomic E-state index is 14.0. The summed E-state index contributed by atoms with van der Waals surface area (Å²) in [6.45, 7) is 4.68. The molecule has 2 aromatic rings. The van der Waals surface area contributed by atoms with Crippen molar-refractivity contribution in [3.63, 3.8) is 0 Å². The highest BCUT2D eigenvalue weighted by Gasteiger charge is 2.22. The lowest BCUT2D eigenvalue weighted by Crippen LogP contribution is -2.37. The number of ether oxygens (including phenoxy) is 1. The van der Waals surface area contributed by atoms with Gasteiger partial charge in [-0.2, -0.15) is 0 Å². The van der Waals surface area contributed by atoms with Gasteiger partial charge in [-0.05, 0) is 37.8 Å². The molecule has 0 amide bonds. The van der Waals surface area contributed by atoms with Crippen molar-refractivity contribution < 1.29 is 9.13 Å². The number of pyridine rings is 1. The normalized spacial score (nSPS) is 19.2. The molecule has 1 atom stereocenters. The van der Waals surface area contributed by atoms with E-state index < -0.39 is 0 Å². The smallest absolute Gasteiger partial charge is 0.149 e. The molecule has 0 N–H and O–H groups in total. The molecule has 0 radical (unpaired) electrons. The lowest BCUT2D eigenvalue weighted by atomic mass is 9.97. The lowest BCUT2D eigenvalue weighted by Gasteiger charge is -2.35. The van der Waals surface area contributed by atoms with Crippen LogP contribution in [0, 0.1) is 18.7 Å². The quantitative estimate of drug-likeness (QED) is 0.863. The Morgan fingerprint density at radius 3 is 3.10 bits per heavy atom. The standard InChI is InChI=1S/C17H21FN2O/c1-12-9-16(14-6-3-7-15(18)17(14)19-12)20-8-4-5-13(10-20)11-21-2/h3,6-7,9,13H,4-5,8,10-11H2,1-2H3. The summed E-state index contributed by atoms with van der Waals surface area (Å²) in [4.78, 5) is 6.71. The molecule has 21 heavy (non-hydrogen) atoms. The minimum Gasteiger partial charge on any atom is -0.384 e. The van der Waals surface area contributed by atoms with E-state index in [9.17, 15) is 4.39 Å². The van der Waals surface area contributed by atoms with Crippen molar-refractivity contribution in [3.8, 4) is 0 Å². The molecule has 1 aromatic heterocycles. The number of aromatic nitrogens is 1. The first-order valence-corrected chi connectivity index (χ1v) is 7.49. The third-order valence-corrected chi connectivity index (χ3v) is 4.16. The van der Waals surface area contributed by atoms with Crippen LogP contribution < -0.4 is 4.90 Å². The number of benzene rings is 1. The molecule has 1 aliphatic heterocycles. The van der Waals surface area contributed by atoms with Gasteiger partial charge in [-0.25, -0.2) is 9.37 Å². The summed E-state index contributed by atoms with van der Waals surface area (Å²) in [5.41, 5.74) is 2.43. The van der Waals surface area contributed by atoms with Gasteiger partial charge in [0.05, 0.1) is 6.61 Å². The van der Waals surface area contributed by atoms with Crippen molar-refractivity contribution >= 4 is 16.6 Å². The average Bonchev–Trinajstić information content (AvgIpc) is 2.48. The van der Waals surface area contributed by atoms with Crippen LogP contribution in [0.2, 0.25) is 0 Å². The van der Waals surface area contributed by atoms with Crippen molar-refractivity contribution in [2.75, 3.05) is 31.7 Å². The second-order valence-corrected chi connectivity index (χ2v) is 5.83. The van der Waals surface area contributed by atoms with E-state index in [1.165, 1.54) is 12.5 Å². The summed E-state index contributed by atoms with van der Waals surface area (Å²) in [5.74, 6) is 0.295. The van der Waals surface area contributed by atoms with Crippen molar-refractivity contribution in [2.45, 2.75) is 19.8 Å². The fraction of sp³-hybridized carbons (Fsp3) is 0.471. The Bertz CT molecular complexity index is 642. The molecular formula is C17H21FN2O. The van der Waals surface area contributed by atoms with Gasteiger partial charge in [0, 0.05) is 37.0 Å². The fourth-order valence-corrected chi connectivity index (χ4v) is 3.24. The van der Waals surface area contributed by atoms with Crippen molar-refractivity contribution in [1.82, 2.24) is 4.98 Å². The second-order valence-electron chi connectivity index (χ2n) is 5.83. The third-order valence-electron chi connectivity index (χ3n) is 4.16. The number of rotatable bonds is 3. The van der Waals surface area contributed by atoms with E-state index in [2.05, 4.69) is 16.0 Å².